The Kier molecular flexibility index (Phi) is 6.65. The van der Waals surface area contributed by atoms with Crippen molar-refractivity contribution in [2.24, 2.45) is 23.7 Å². The van der Waals surface area contributed by atoms with E-state index in [9.17, 15) is 14.7 Å². The van der Waals surface area contributed by atoms with E-state index < -0.39 is 11.9 Å². The van der Waals surface area contributed by atoms with Crippen LogP contribution in [0.25, 0.3) is 0 Å². The van der Waals surface area contributed by atoms with E-state index in [1.54, 1.807) is 0 Å². The molecular weight excluding hydrogens is 268 g/mol. The number of carboxylic acids is 1. The van der Waals surface area contributed by atoms with Gasteiger partial charge in [0.1, 0.15) is 0 Å². The predicted molar refractivity (Wildman–Crippen MR) is 83.0 cm³/mol. The van der Waals surface area contributed by atoms with Crippen molar-refractivity contribution in [2.45, 2.75) is 46.1 Å². The van der Waals surface area contributed by atoms with Crippen LogP contribution in [0.5, 0.6) is 0 Å². The highest BCUT2D eigenvalue weighted by atomic mass is 16.4. The molecule has 0 radical (unpaired) electrons. The summed E-state index contributed by atoms with van der Waals surface area (Å²) in [5.41, 5.74) is 0. The highest BCUT2D eigenvalue weighted by Gasteiger charge is 2.41. The van der Waals surface area contributed by atoms with Crippen LogP contribution in [0.2, 0.25) is 0 Å². The molecule has 5 heteroatoms. The largest absolute Gasteiger partial charge is 0.481 e. The fourth-order valence-electron chi connectivity index (χ4n) is 3.22. The molecule has 1 aliphatic rings. The number of amides is 1. The van der Waals surface area contributed by atoms with Gasteiger partial charge in [0.05, 0.1) is 11.8 Å². The summed E-state index contributed by atoms with van der Waals surface area (Å²) in [6.07, 6.45) is 2.30. The lowest BCUT2D eigenvalue weighted by molar-refractivity contribution is -0.146. The molecule has 1 rings (SSSR count). The fourth-order valence-corrected chi connectivity index (χ4v) is 3.22. The number of hydrogen-bond acceptors (Lipinski definition) is 3. The standard InChI is InChI=1S/C16H30N2O3/c1-10(2)6-12(18(4)5)9-17-15(19)13-7-11(3)8-14(13)16(20)21/h10-14H,6-9H2,1-5H3,(H,17,19)(H,20,21). The van der Waals surface area contributed by atoms with Crippen molar-refractivity contribution in [3.8, 4) is 0 Å². The maximum absolute atomic E-state index is 12.3. The van der Waals surface area contributed by atoms with Gasteiger partial charge in [-0.05, 0) is 45.2 Å². The van der Waals surface area contributed by atoms with E-state index in [4.69, 9.17) is 0 Å². The first kappa shape index (κ1) is 18.0. The van der Waals surface area contributed by atoms with E-state index >= 15 is 0 Å². The maximum atomic E-state index is 12.3. The first-order valence-electron chi connectivity index (χ1n) is 7.89. The van der Waals surface area contributed by atoms with E-state index in [0.717, 1.165) is 6.42 Å². The van der Waals surface area contributed by atoms with E-state index in [-0.39, 0.29) is 17.9 Å². The predicted octanol–water partition coefficient (Wildman–Crippen LogP) is 1.83. The highest BCUT2D eigenvalue weighted by Crippen LogP contribution is 2.36. The summed E-state index contributed by atoms with van der Waals surface area (Å²) in [7, 11) is 4.02. The first-order chi connectivity index (χ1) is 9.72. The number of nitrogens with one attached hydrogen (secondary N) is 1. The summed E-state index contributed by atoms with van der Waals surface area (Å²) in [5, 5.41) is 12.2. The zero-order valence-corrected chi connectivity index (χ0v) is 13.9. The van der Waals surface area contributed by atoms with Crippen molar-refractivity contribution in [2.75, 3.05) is 20.6 Å². The lowest BCUT2D eigenvalue weighted by atomic mass is 9.95. The number of likely N-dealkylation sites (N-methyl/N-ethyl adjacent to an activating group) is 1. The molecule has 0 saturated heterocycles. The molecule has 1 aliphatic carbocycles. The molecule has 0 spiro atoms. The number of rotatable bonds is 7. The Morgan fingerprint density at radius 2 is 1.81 bits per heavy atom. The summed E-state index contributed by atoms with van der Waals surface area (Å²) < 4.78 is 0. The van der Waals surface area contributed by atoms with Crippen LogP contribution in [-0.2, 0) is 9.59 Å². The van der Waals surface area contributed by atoms with Crippen LogP contribution in [0, 0.1) is 23.7 Å². The summed E-state index contributed by atoms with van der Waals surface area (Å²) in [5.74, 6) is -0.967. The fraction of sp³-hybridized carbons (Fsp3) is 0.875. The van der Waals surface area contributed by atoms with Crippen molar-refractivity contribution in [3.05, 3.63) is 0 Å². The molecule has 21 heavy (non-hydrogen) atoms. The van der Waals surface area contributed by atoms with E-state index in [1.807, 2.05) is 21.0 Å². The Bertz CT molecular complexity index is 369. The van der Waals surface area contributed by atoms with Gasteiger partial charge in [0, 0.05) is 12.6 Å². The lowest BCUT2D eigenvalue weighted by Crippen LogP contribution is -2.44. The van der Waals surface area contributed by atoms with E-state index in [2.05, 4.69) is 24.1 Å². The molecule has 0 aromatic heterocycles. The van der Waals surface area contributed by atoms with Crippen LogP contribution in [-0.4, -0.2) is 48.6 Å². The van der Waals surface area contributed by atoms with Gasteiger partial charge in [-0.3, -0.25) is 9.59 Å². The van der Waals surface area contributed by atoms with Crippen molar-refractivity contribution in [3.63, 3.8) is 0 Å². The normalized spacial score (nSPS) is 27.1. The van der Waals surface area contributed by atoms with Crippen molar-refractivity contribution >= 4 is 11.9 Å². The Morgan fingerprint density at radius 3 is 2.29 bits per heavy atom. The van der Waals surface area contributed by atoms with Gasteiger partial charge >= 0.3 is 5.97 Å². The Morgan fingerprint density at radius 1 is 1.24 bits per heavy atom. The monoisotopic (exact) mass is 298 g/mol. The summed E-state index contributed by atoms with van der Waals surface area (Å²) >= 11 is 0. The molecule has 0 aromatic carbocycles. The minimum Gasteiger partial charge on any atom is -0.481 e. The molecular formula is C16H30N2O3. The summed E-state index contributed by atoms with van der Waals surface area (Å²) in [6, 6.07) is 0.288. The summed E-state index contributed by atoms with van der Waals surface area (Å²) in [4.78, 5) is 25.7. The molecule has 0 bridgehead atoms. The Labute approximate surface area is 128 Å². The Hall–Kier alpha value is -1.10. The maximum Gasteiger partial charge on any atom is 0.307 e. The van der Waals surface area contributed by atoms with Crippen molar-refractivity contribution in [1.29, 1.82) is 0 Å². The first-order valence-corrected chi connectivity index (χ1v) is 7.89. The number of aliphatic carboxylic acids is 1. The van der Waals surface area contributed by atoms with Crippen LogP contribution in [0.3, 0.4) is 0 Å². The SMILES string of the molecule is CC(C)CC(CNC(=O)C1CC(C)CC1C(=O)O)N(C)C. The third-order valence-corrected chi connectivity index (χ3v) is 4.44. The zero-order chi connectivity index (χ0) is 16.2. The van der Waals surface area contributed by atoms with Crippen LogP contribution in [0.1, 0.15) is 40.0 Å². The number of hydrogen-bond donors (Lipinski definition) is 2. The van der Waals surface area contributed by atoms with Gasteiger partial charge < -0.3 is 15.3 Å². The second kappa shape index (κ2) is 7.78. The van der Waals surface area contributed by atoms with Gasteiger partial charge in [-0.1, -0.05) is 20.8 Å². The van der Waals surface area contributed by atoms with Gasteiger partial charge in [-0.15, -0.1) is 0 Å². The van der Waals surface area contributed by atoms with Crippen LogP contribution >= 0.6 is 0 Å². The minimum absolute atomic E-state index is 0.0950. The van der Waals surface area contributed by atoms with Gasteiger partial charge in [0.2, 0.25) is 5.91 Å². The lowest BCUT2D eigenvalue weighted by Gasteiger charge is -2.27. The van der Waals surface area contributed by atoms with Gasteiger partial charge in [-0.25, -0.2) is 0 Å². The van der Waals surface area contributed by atoms with Crippen molar-refractivity contribution in [1.82, 2.24) is 10.2 Å². The number of nitrogens with zero attached hydrogens (tertiary/aromatic N) is 1. The average Bonchev–Trinajstić information content (AvgIpc) is 2.75. The van der Waals surface area contributed by atoms with Crippen molar-refractivity contribution < 1.29 is 14.7 Å². The molecule has 5 nitrogen and oxygen atoms in total. The second-order valence-electron chi connectivity index (χ2n) is 7.12. The number of carbonyl (C=O) groups is 2. The van der Waals surface area contributed by atoms with Crippen LogP contribution in [0.4, 0.5) is 0 Å². The quantitative estimate of drug-likeness (QED) is 0.752. The molecule has 1 amide bonds. The highest BCUT2D eigenvalue weighted by molar-refractivity contribution is 5.85. The molecule has 4 atom stereocenters. The molecule has 0 aromatic rings. The van der Waals surface area contributed by atoms with Gasteiger partial charge in [0.25, 0.3) is 0 Å². The zero-order valence-electron chi connectivity index (χ0n) is 13.9. The smallest absolute Gasteiger partial charge is 0.307 e. The number of carbonyl (C=O) groups excluding carboxylic acids is 1. The van der Waals surface area contributed by atoms with Crippen LogP contribution < -0.4 is 5.32 Å². The molecule has 4 unspecified atom stereocenters. The third-order valence-electron chi connectivity index (χ3n) is 4.44. The summed E-state index contributed by atoms with van der Waals surface area (Å²) in [6.45, 7) is 6.93. The average molecular weight is 298 g/mol. The number of carboxylic acid groups (broad SMARTS) is 1. The second-order valence-corrected chi connectivity index (χ2v) is 7.12. The van der Waals surface area contributed by atoms with Crippen LogP contribution in [0.15, 0.2) is 0 Å². The topological polar surface area (TPSA) is 69.6 Å². The third kappa shape index (κ3) is 5.30. The molecule has 1 saturated carbocycles. The van der Waals surface area contributed by atoms with Gasteiger partial charge in [-0.2, -0.15) is 0 Å². The molecule has 2 N–H and O–H groups in total. The van der Waals surface area contributed by atoms with E-state index in [1.165, 1.54) is 0 Å². The Balaban J connectivity index is 2.57. The molecule has 122 valence electrons. The minimum atomic E-state index is -0.842. The van der Waals surface area contributed by atoms with Gasteiger partial charge in [0.15, 0.2) is 0 Å². The molecule has 1 fully saturated rings. The van der Waals surface area contributed by atoms with E-state index in [0.29, 0.717) is 31.2 Å². The molecule has 0 heterocycles. The molecule has 0 aliphatic heterocycles.